The van der Waals surface area contributed by atoms with Gasteiger partial charge in [0.1, 0.15) is 6.04 Å². The summed E-state index contributed by atoms with van der Waals surface area (Å²) in [6.45, 7) is 4.98. The van der Waals surface area contributed by atoms with Crippen LogP contribution >= 0.6 is 0 Å². The van der Waals surface area contributed by atoms with Gasteiger partial charge in [-0.25, -0.2) is 0 Å². The van der Waals surface area contributed by atoms with Crippen molar-refractivity contribution in [3.05, 3.63) is 0 Å². The van der Waals surface area contributed by atoms with Crippen molar-refractivity contribution in [1.82, 2.24) is 9.80 Å². The minimum atomic E-state index is -0.276. The number of rotatable bonds is 1. The molecule has 0 aromatic carbocycles. The molecule has 1 heterocycles. The van der Waals surface area contributed by atoms with E-state index in [1.165, 1.54) is 0 Å². The number of nitrogens with zero attached hydrogens (tertiary/aromatic N) is 3. The maximum Gasteiger partial charge on any atom is 0.241 e. The van der Waals surface area contributed by atoms with Crippen LogP contribution in [0.4, 0.5) is 0 Å². The number of hydrogen-bond acceptors (Lipinski definition) is 3. The van der Waals surface area contributed by atoms with E-state index in [9.17, 15) is 4.79 Å². The maximum atomic E-state index is 12.1. The number of carbonyl (C=O) groups is 1. The molecule has 1 unspecified atom stereocenters. The predicted molar refractivity (Wildman–Crippen MR) is 58.1 cm³/mol. The SMILES string of the molecule is CN1CCC(C)(C)N(C)C(=O)C1CC#N. The molecule has 4 nitrogen and oxygen atoms in total. The highest BCUT2D eigenvalue weighted by Crippen LogP contribution is 2.24. The first-order valence-electron chi connectivity index (χ1n) is 5.25. The monoisotopic (exact) mass is 209 g/mol. The molecule has 4 heteroatoms. The summed E-state index contributed by atoms with van der Waals surface area (Å²) < 4.78 is 0. The topological polar surface area (TPSA) is 47.3 Å². The van der Waals surface area contributed by atoms with Crippen molar-refractivity contribution in [2.24, 2.45) is 0 Å². The van der Waals surface area contributed by atoms with Crippen LogP contribution in [0.1, 0.15) is 26.7 Å². The maximum absolute atomic E-state index is 12.1. The third-order valence-electron chi connectivity index (χ3n) is 3.42. The minimum absolute atomic E-state index is 0.0570. The van der Waals surface area contributed by atoms with Crippen molar-refractivity contribution in [2.45, 2.75) is 38.3 Å². The van der Waals surface area contributed by atoms with Gasteiger partial charge in [0.15, 0.2) is 0 Å². The Labute approximate surface area is 91.5 Å². The highest BCUT2D eigenvalue weighted by molar-refractivity contribution is 5.82. The van der Waals surface area contributed by atoms with E-state index >= 15 is 0 Å². The highest BCUT2D eigenvalue weighted by atomic mass is 16.2. The van der Waals surface area contributed by atoms with Gasteiger partial charge in [-0.1, -0.05) is 0 Å². The lowest BCUT2D eigenvalue weighted by atomic mass is 9.99. The molecule has 0 saturated carbocycles. The largest absolute Gasteiger partial charge is 0.339 e. The van der Waals surface area contributed by atoms with Gasteiger partial charge in [0, 0.05) is 19.1 Å². The molecule has 1 aliphatic rings. The second kappa shape index (κ2) is 4.19. The summed E-state index contributed by atoms with van der Waals surface area (Å²) in [7, 11) is 3.74. The zero-order chi connectivity index (χ0) is 11.6. The normalized spacial score (nSPS) is 27.3. The molecule has 0 aromatic heterocycles. The summed E-state index contributed by atoms with van der Waals surface area (Å²) in [4.78, 5) is 15.9. The van der Waals surface area contributed by atoms with Crippen LogP contribution < -0.4 is 0 Å². The number of hydrogen-bond donors (Lipinski definition) is 0. The van der Waals surface area contributed by atoms with Crippen LogP contribution in [-0.2, 0) is 4.79 Å². The molecule has 1 aliphatic heterocycles. The lowest BCUT2D eigenvalue weighted by Crippen LogP contribution is -2.48. The molecule has 0 aliphatic carbocycles. The van der Waals surface area contributed by atoms with Crippen LogP contribution in [0.15, 0.2) is 0 Å². The van der Waals surface area contributed by atoms with Crippen molar-refractivity contribution >= 4 is 5.91 Å². The van der Waals surface area contributed by atoms with Gasteiger partial charge in [0.25, 0.3) is 0 Å². The Kier molecular flexibility index (Phi) is 3.35. The summed E-state index contributed by atoms with van der Waals surface area (Å²) in [6.07, 6.45) is 1.21. The first-order chi connectivity index (χ1) is 6.90. The molecule has 1 amide bonds. The molecule has 1 rings (SSSR count). The summed E-state index contributed by atoms with van der Waals surface area (Å²) in [6, 6.07) is 1.81. The number of carbonyl (C=O) groups excluding carboxylic acids is 1. The van der Waals surface area contributed by atoms with Gasteiger partial charge in [-0.3, -0.25) is 9.69 Å². The van der Waals surface area contributed by atoms with Crippen molar-refractivity contribution < 1.29 is 4.79 Å². The van der Waals surface area contributed by atoms with E-state index < -0.39 is 0 Å². The fourth-order valence-corrected chi connectivity index (χ4v) is 1.81. The zero-order valence-corrected chi connectivity index (χ0v) is 9.95. The predicted octanol–water partition coefficient (Wildman–Crippen LogP) is 0.841. The fraction of sp³-hybridized carbons (Fsp3) is 0.818. The highest BCUT2D eigenvalue weighted by Gasteiger charge is 2.37. The third kappa shape index (κ3) is 2.29. The summed E-state index contributed by atoms with van der Waals surface area (Å²) in [5, 5.41) is 8.71. The molecule has 0 N–H and O–H groups in total. The average molecular weight is 209 g/mol. The Morgan fingerprint density at radius 2 is 2.13 bits per heavy atom. The standard InChI is InChI=1S/C11H19N3O/c1-11(2)6-8-13(3)9(5-7-12)10(15)14(11)4/h9H,5-6,8H2,1-4H3. The molecule has 0 radical (unpaired) electrons. The molecule has 1 saturated heterocycles. The van der Waals surface area contributed by atoms with E-state index in [0.717, 1.165) is 13.0 Å². The van der Waals surface area contributed by atoms with Crippen LogP contribution in [0.3, 0.4) is 0 Å². The molecule has 0 aromatic rings. The number of nitriles is 1. The van der Waals surface area contributed by atoms with E-state index in [4.69, 9.17) is 5.26 Å². The van der Waals surface area contributed by atoms with Gasteiger partial charge in [-0.2, -0.15) is 5.26 Å². The molecular formula is C11H19N3O. The van der Waals surface area contributed by atoms with Crippen LogP contribution in [-0.4, -0.2) is 47.9 Å². The molecule has 0 spiro atoms. The molecule has 0 bridgehead atoms. The fourth-order valence-electron chi connectivity index (χ4n) is 1.81. The summed E-state index contributed by atoms with van der Waals surface area (Å²) >= 11 is 0. The van der Waals surface area contributed by atoms with Crippen molar-refractivity contribution in [2.75, 3.05) is 20.6 Å². The Balaban J connectivity index is 2.93. The van der Waals surface area contributed by atoms with Gasteiger partial charge in [-0.05, 0) is 27.3 Å². The lowest BCUT2D eigenvalue weighted by Gasteiger charge is -2.34. The van der Waals surface area contributed by atoms with E-state index in [0.29, 0.717) is 0 Å². The smallest absolute Gasteiger partial charge is 0.241 e. The number of likely N-dealkylation sites (N-methyl/N-ethyl adjacent to an activating group) is 2. The molecule has 84 valence electrons. The molecule has 1 fully saturated rings. The van der Waals surface area contributed by atoms with Gasteiger partial charge < -0.3 is 4.90 Å². The zero-order valence-electron chi connectivity index (χ0n) is 9.95. The minimum Gasteiger partial charge on any atom is -0.339 e. The van der Waals surface area contributed by atoms with Gasteiger partial charge in [0.05, 0.1) is 12.5 Å². The second-order valence-electron chi connectivity index (χ2n) is 4.82. The Morgan fingerprint density at radius 1 is 1.53 bits per heavy atom. The van der Waals surface area contributed by atoms with Gasteiger partial charge >= 0.3 is 0 Å². The van der Waals surface area contributed by atoms with Gasteiger partial charge in [-0.15, -0.1) is 0 Å². The summed E-state index contributed by atoms with van der Waals surface area (Å²) in [5.74, 6) is 0.0570. The van der Waals surface area contributed by atoms with Crippen molar-refractivity contribution in [3.63, 3.8) is 0 Å². The summed E-state index contributed by atoms with van der Waals surface area (Å²) in [5.41, 5.74) is -0.116. The Hall–Kier alpha value is -1.08. The Morgan fingerprint density at radius 3 is 2.67 bits per heavy atom. The van der Waals surface area contributed by atoms with Crippen LogP contribution in [0.2, 0.25) is 0 Å². The Bertz CT molecular complexity index is 293. The van der Waals surface area contributed by atoms with E-state index in [1.807, 2.05) is 19.0 Å². The van der Waals surface area contributed by atoms with E-state index in [2.05, 4.69) is 19.9 Å². The van der Waals surface area contributed by atoms with Gasteiger partial charge in [0.2, 0.25) is 5.91 Å². The molecule has 1 atom stereocenters. The molecule has 15 heavy (non-hydrogen) atoms. The first kappa shape index (κ1) is 12.0. The quantitative estimate of drug-likeness (QED) is 0.643. The first-order valence-corrected chi connectivity index (χ1v) is 5.25. The average Bonchev–Trinajstić information content (AvgIpc) is 2.25. The lowest BCUT2D eigenvalue weighted by molar-refractivity contribution is -0.137. The van der Waals surface area contributed by atoms with Crippen molar-refractivity contribution in [3.8, 4) is 6.07 Å². The van der Waals surface area contributed by atoms with Crippen molar-refractivity contribution in [1.29, 1.82) is 5.26 Å². The van der Waals surface area contributed by atoms with Crippen LogP contribution in [0, 0.1) is 11.3 Å². The third-order valence-corrected chi connectivity index (χ3v) is 3.42. The number of amides is 1. The van der Waals surface area contributed by atoms with E-state index in [1.54, 1.807) is 4.90 Å². The molecular weight excluding hydrogens is 190 g/mol. The van der Waals surface area contributed by atoms with E-state index in [-0.39, 0.29) is 23.9 Å². The van der Waals surface area contributed by atoms with Crippen LogP contribution in [0.25, 0.3) is 0 Å². The second-order valence-corrected chi connectivity index (χ2v) is 4.82. The van der Waals surface area contributed by atoms with Crippen LogP contribution in [0.5, 0.6) is 0 Å².